The Bertz CT molecular complexity index is 179. The molecule has 0 N–H and O–H groups in total. The van der Waals surface area contributed by atoms with E-state index in [1.165, 1.54) is 0 Å². The van der Waals surface area contributed by atoms with Gasteiger partial charge in [-0.15, -0.1) is 0 Å². The van der Waals surface area contributed by atoms with Crippen molar-refractivity contribution in [1.29, 1.82) is 0 Å². The van der Waals surface area contributed by atoms with E-state index in [2.05, 4.69) is 13.8 Å². The third-order valence-corrected chi connectivity index (χ3v) is 2.43. The molecular formula is C10H22B3O4. The molecule has 0 bridgehead atoms. The van der Waals surface area contributed by atoms with Crippen LogP contribution in [0.5, 0.6) is 0 Å². The van der Waals surface area contributed by atoms with E-state index in [0.29, 0.717) is 13.2 Å². The van der Waals surface area contributed by atoms with Crippen LogP contribution in [0.4, 0.5) is 0 Å². The van der Waals surface area contributed by atoms with Crippen molar-refractivity contribution in [2.24, 2.45) is 0 Å². The average molecular weight is 239 g/mol. The third-order valence-electron chi connectivity index (χ3n) is 2.43. The molecule has 1 fully saturated rings. The van der Waals surface area contributed by atoms with Crippen LogP contribution < -0.4 is 0 Å². The largest absolute Gasteiger partial charge is 0.418 e. The highest BCUT2D eigenvalue weighted by Crippen LogP contribution is 2.03. The maximum absolute atomic E-state index is 5.65. The number of rotatable bonds is 9. The van der Waals surface area contributed by atoms with Gasteiger partial charge in [0.05, 0.1) is 0 Å². The lowest BCUT2D eigenvalue weighted by Crippen LogP contribution is -2.46. The van der Waals surface area contributed by atoms with Crippen LogP contribution in [0.1, 0.15) is 39.5 Å². The lowest BCUT2D eigenvalue weighted by atomic mass is 9.23. The van der Waals surface area contributed by atoms with Gasteiger partial charge in [-0.25, -0.2) is 0 Å². The Morgan fingerprint density at radius 2 is 1.82 bits per heavy atom. The Labute approximate surface area is 106 Å². The minimum absolute atomic E-state index is 0.285. The van der Waals surface area contributed by atoms with Crippen LogP contribution in [-0.2, 0) is 18.6 Å². The van der Waals surface area contributed by atoms with Crippen molar-refractivity contribution < 1.29 is 18.6 Å². The summed E-state index contributed by atoms with van der Waals surface area (Å²) in [5.41, 5.74) is 0. The fraction of sp³-hybridized carbons (Fsp3) is 1.00. The maximum atomic E-state index is 5.65. The van der Waals surface area contributed by atoms with E-state index >= 15 is 0 Å². The molecule has 4 nitrogen and oxygen atoms in total. The molecule has 1 heterocycles. The summed E-state index contributed by atoms with van der Waals surface area (Å²) < 4.78 is 22.2. The molecule has 1 radical (unpaired) electrons. The Morgan fingerprint density at radius 1 is 1.12 bits per heavy atom. The van der Waals surface area contributed by atoms with Gasteiger partial charge in [-0.2, -0.15) is 0 Å². The average Bonchev–Trinajstić information content (AvgIpc) is 2.37. The van der Waals surface area contributed by atoms with Crippen molar-refractivity contribution in [2.75, 3.05) is 26.4 Å². The minimum atomic E-state index is -0.315. The predicted molar refractivity (Wildman–Crippen MR) is 70.9 cm³/mol. The number of hydrogen-bond acceptors (Lipinski definition) is 4. The normalized spacial score (nSPS) is 16.0. The highest BCUT2D eigenvalue weighted by Gasteiger charge is 2.32. The summed E-state index contributed by atoms with van der Waals surface area (Å²) in [4.78, 5) is 0. The molecule has 1 rings (SSSR count). The summed E-state index contributed by atoms with van der Waals surface area (Å²) in [6.07, 6.45) is 4.11. The summed E-state index contributed by atoms with van der Waals surface area (Å²) in [6.45, 7) is 7.13. The van der Waals surface area contributed by atoms with Gasteiger partial charge in [0.2, 0.25) is 7.06 Å². The second-order valence-corrected chi connectivity index (χ2v) is 4.12. The summed E-state index contributed by atoms with van der Waals surface area (Å²) >= 11 is 0. The molecule has 0 atom stereocenters. The van der Waals surface area contributed by atoms with Gasteiger partial charge in [0.15, 0.2) is 0 Å². The van der Waals surface area contributed by atoms with E-state index in [0.717, 1.165) is 38.9 Å². The van der Waals surface area contributed by atoms with E-state index in [1.54, 1.807) is 0 Å². The minimum Gasteiger partial charge on any atom is -0.418 e. The quantitative estimate of drug-likeness (QED) is 0.449. The van der Waals surface area contributed by atoms with Crippen molar-refractivity contribution in [2.45, 2.75) is 39.5 Å². The van der Waals surface area contributed by atoms with Gasteiger partial charge in [-0.05, 0) is 19.3 Å². The lowest BCUT2D eigenvalue weighted by Gasteiger charge is -2.22. The van der Waals surface area contributed by atoms with Crippen molar-refractivity contribution in [3.63, 3.8) is 0 Å². The molecule has 7 heteroatoms. The maximum Gasteiger partial charge on any atom is 0.395 e. The zero-order valence-electron chi connectivity index (χ0n) is 11.0. The first-order valence-corrected chi connectivity index (χ1v) is 6.68. The fourth-order valence-corrected chi connectivity index (χ4v) is 1.48. The first-order valence-electron chi connectivity index (χ1n) is 6.68. The molecule has 0 unspecified atom stereocenters. The number of unbranched alkanes of at least 4 members (excludes halogenated alkanes) is 1. The topological polar surface area (TPSA) is 36.9 Å². The molecule has 1 aliphatic heterocycles. The molecule has 0 spiro atoms. The molecule has 0 saturated carbocycles. The Morgan fingerprint density at radius 3 is 2.47 bits per heavy atom. The van der Waals surface area contributed by atoms with Crippen molar-refractivity contribution in [3.05, 3.63) is 0 Å². The van der Waals surface area contributed by atoms with Crippen LogP contribution in [0.3, 0.4) is 0 Å². The second-order valence-electron chi connectivity index (χ2n) is 4.12. The van der Waals surface area contributed by atoms with E-state index in [9.17, 15) is 0 Å². The number of hydrogen-bond donors (Lipinski definition) is 0. The van der Waals surface area contributed by atoms with Gasteiger partial charge >= 0.3 is 14.0 Å². The van der Waals surface area contributed by atoms with Gasteiger partial charge in [0.25, 0.3) is 0 Å². The van der Waals surface area contributed by atoms with Gasteiger partial charge in [-0.3, -0.25) is 0 Å². The molecular weight excluding hydrogens is 217 g/mol. The second kappa shape index (κ2) is 10.0. The predicted octanol–water partition coefficient (Wildman–Crippen LogP) is 1.34. The van der Waals surface area contributed by atoms with Gasteiger partial charge in [0, 0.05) is 26.4 Å². The van der Waals surface area contributed by atoms with Gasteiger partial charge < -0.3 is 18.6 Å². The van der Waals surface area contributed by atoms with Gasteiger partial charge in [0.1, 0.15) is 0 Å². The molecule has 1 saturated heterocycles. The summed E-state index contributed by atoms with van der Waals surface area (Å²) in [5, 5.41) is 0. The zero-order valence-corrected chi connectivity index (χ0v) is 11.0. The molecule has 0 amide bonds. The van der Waals surface area contributed by atoms with Crippen molar-refractivity contribution in [3.8, 4) is 0 Å². The van der Waals surface area contributed by atoms with Crippen molar-refractivity contribution >= 4 is 21.1 Å². The molecule has 0 aliphatic carbocycles. The third kappa shape index (κ3) is 7.14. The lowest BCUT2D eigenvalue weighted by molar-refractivity contribution is 0.147. The first kappa shape index (κ1) is 15.1. The molecule has 0 aromatic carbocycles. The Hall–Kier alpha value is 0.0348. The van der Waals surface area contributed by atoms with E-state index in [-0.39, 0.29) is 14.0 Å². The first-order chi connectivity index (χ1) is 8.36. The van der Waals surface area contributed by atoms with Crippen LogP contribution in [0.25, 0.3) is 0 Å². The van der Waals surface area contributed by atoms with Crippen LogP contribution in [-0.4, -0.2) is 47.5 Å². The SMILES string of the molecule is CCCCOB([B]B1OCCCO1)OCCC. The highest BCUT2D eigenvalue weighted by molar-refractivity contribution is 7.35. The van der Waals surface area contributed by atoms with E-state index < -0.39 is 0 Å². The summed E-state index contributed by atoms with van der Waals surface area (Å²) in [7, 11) is 1.27. The molecule has 1 aliphatic rings. The van der Waals surface area contributed by atoms with Crippen LogP contribution in [0, 0.1) is 0 Å². The van der Waals surface area contributed by atoms with E-state index in [1.807, 2.05) is 7.06 Å². The summed E-state index contributed by atoms with van der Waals surface area (Å²) in [5.74, 6) is 0. The highest BCUT2D eigenvalue weighted by atomic mass is 16.6. The zero-order chi connectivity index (χ0) is 12.3. The monoisotopic (exact) mass is 239 g/mol. The molecule has 0 aromatic heterocycles. The van der Waals surface area contributed by atoms with Crippen LogP contribution in [0.2, 0.25) is 0 Å². The Balaban J connectivity index is 2.22. The molecule has 17 heavy (non-hydrogen) atoms. The van der Waals surface area contributed by atoms with Crippen LogP contribution >= 0.6 is 0 Å². The standard InChI is InChI=1S/C10H22B3O4/c1-3-5-8-15-12(14-7-4-2)11-13-16-9-6-10-17-13/h3-10H2,1-2H3. The van der Waals surface area contributed by atoms with E-state index in [4.69, 9.17) is 18.6 Å². The van der Waals surface area contributed by atoms with Crippen molar-refractivity contribution in [1.82, 2.24) is 0 Å². The van der Waals surface area contributed by atoms with Gasteiger partial charge in [-0.1, -0.05) is 20.3 Å². The fourth-order valence-electron chi connectivity index (χ4n) is 1.48. The molecule has 0 aromatic rings. The Kier molecular flexibility index (Phi) is 8.88. The smallest absolute Gasteiger partial charge is 0.395 e. The molecule has 95 valence electrons. The summed E-state index contributed by atoms with van der Waals surface area (Å²) in [6, 6.07) is 0. The van der Waals surface area contributed by atoms with Crippen LogP contribution in [0.15, 0.2) is 0 Å².